The highest BCUT2D eigenvalue weighted by Crippen LogP contribution is 2.35. The summed E-state index contributed by atoms with van der Waals surface area (Å²) < 4.78 is 19.0. The number of hydrogen-bond acceptors (Lipinski definition) is 4. The summed E-state index contributed by atoms with van der Waals surface area (Å²) in [6, 6.07) is 11.3. The number of hydrogen-bond donors (Lipinski definition) is 1. The van der Waals surface area contributed by atoms with Crippen LogP contribution in [0.1, 0.15) is 47.6 Å². The zero-order valence-corrected chi connectivity index (χ0v) is 18.2. The topological polar surface area (TPSA) is 72.5 Å². The van der Waals surface area contributed by atoms with Crippen molar-refractivity contribution in [3.63, 3.8) is 0 Å². The van der Waals surface area contributed by atoms with Gasteiger partial charge in [0.05, 0.1) is 13.0 Å². The van der Waals surface area contributed by atoms with Crippen molar-refractivity contribution in [3.05, 3.63) is 69.9 Å². The van der Waals surface area contributed by atoms with Crippen LogP contribution < -0.4 is 5.32 Å². The molecule has 0 aliphatic heterocycles. The maximum absolute atomic E-state index is 13.5. The summed E-state index contributed by atoms with van der Waals surface area (Å²) in [5, 5.41) is 2.78. The molecule has 0 saturated heterocycles. The van der Waals surface area contributed by atoms with Crippen LogP contribution in [0.4, 0.5) is 4.39 Å². The quantitative estimate of drug-likeness (QED) is 0.619. The molecular weight excluding hydrogens is 453 g/mol. The molecule has 1 amide bonds. The average Bonchev–Trinajstić information content (AvgIpc) is 2.77. The van der Waals surface area contributed by atoms with Gasteiger partial charge in [0.15, 0.2) is 5.78 Å². The van der Waals surface area contributed by atoms with E-state index in [4.69, 9.17) is 4.74 Å². The number of halogens is 2. The van der Waals surface area contributed by atoms with Gasteiger partial charge in [-0.1, -0.05) is 40.9 Å². The number of carbonyl (C=O) groups is 3. The maximum Gasteiger partial charge on any atom is 0.309 e. The lowest BCUT2D eigenvalue weighted by Crippen LogP contribution is -2.42. The normalized spacial score (nSPS) is 19.6. The molecule has 1 saturated carbocycles. The van der Waals surface area contributed by atoms with Gasteiger partial charge in [0.1, 0.15) is 11.9 Å². The van der Waals surface area contributed by atoms with Crippen LogP contribution in [0.15, 0.2) is 53.0 Å². The smallest absolute Gasteiger partial charge is 0.309 e. The molecule has 1 aliphatic rings. The van der Waals surface area contributed by atoms with Gasteiger partial charge in [-0.05, 0) is 54.8 Å². The fourth-order valence-electron chi connectivity index (χ4n) is 3.91. The Bertz CT molecular complexity index is 914. The number of esters is 1. The van der Waals surface area contributed by atoms with Gasteiger partial charge in [-0.25, -0.2) is 4.39 Å². The summed E-state index contributed by atoms with van der Waals surface area (Å²) in [6.45, 7) is 0. The number of Topliss-reactive ketones (excluding diaryl/α,β-unsaturated/α-hetero) is 1. The van der Waals surface area contributed by atoms with Crippen molar-refractivity contribution < 1.29 is 23.5 Å². The molecule has 0 aromatic heterocycles. The summed E-state index contributed by atoms with van der Waals surface area (Å²) in [7, 11) is 1.32. The van der Waals surface area contributed by atoms with Crippen LogP contribution in [0, 0.1) is 17.7 Å². The summed E-state index contributed by atoms with van der Waals surface area (Å²) in [5.74, 6) is -2.60. The van der Waals surface area contributed by atoms with Crippen LogP contribution in [0.5, 0.6) is 0 Å². The van der Waals surface area contributed by atoms with Gasteiger partial charge in [-0.3, -0.25) is 14.4 Å². The van der Waals surface area contributed by atoms with Crippen molar-refractivity contribution in [2.45, 2.75) is 31.7 Å². The Labute approximate surface area is 183 Å². The van der Waals surface area contributed by atoms with Gasteiger partial charge in [0.2, 0.25) is 0 Å². The van der Waals surface area contributed by atoms with Crippen molar-refractivity contribution in [3.8, 4) is 0 Å². The first kappa shape index (κ1) is 22.2. The maximum atomic E-state index is 13.5. The largest absolute Gasteiger partial charge is 0.469 e. The first-order chi connectivity index (χ1) is 14.4. The van der Waals surface area contributed by atoms with Gasteiger partial charge in [-0.2, -0.15) is 0 Å². The van der Waals surface area contributed by atoms with Crippen LogP contribution in [0.3, 0.4) is 0 Å². The van der Waals surface area contributed by atoms with E-state index >= 15 is 0 Å². The lowest BCUT2D eigenvalue weighted by Gasteiger charge is -2.31. The number of benzene rings is 2. The Kier molecular flexibility index (Phi) is 7.37. The van der Waals surface area contributed by atoms with E-state index in [1.54, 1.807) is 24.3 Å². The molecule has 1 fully saturated rings. The SMILES string of the molecule is COC(=O)C1CCCCC1C(=O)C(NC(=O)c1ccc(F)cc1)c1ccc(Br)cc1. The highest BCUT2D eigenvalue weighted by molar-refractivity contribution is 9.10. The van der Waals surface area contributed by atoms with Crippen molar-refractivity contribution in [2.75, 3.05) is 7.11 Å². The number of amides is 1. The number of methoxy groups -OCH3 is 1. The number of rotatable bonds is 6. The van der Waals surface area contributed by atoms with Crippen molar-refractivity contribution in [2.24, 2.45) is 11.8 Å². The Morgan fingerprint density at radius 1 is 1.00 bits per heavy atom. The molecule has 2 aromatic carbocycles. The molecular formula is C23H23BrFNO4. The van der Waals surface area contributed by atoms with E-state index in [9.17, 15) is 18.8 Å². The standard InChI is InChI=1S/C23H23BrFNO4/c1-30-23(29)19-5-3-2-4-18(19)21(27)20(14-6-10-16(24)11-7-14)26-22(28)15-8-12-17(25)13-9-15/h6-13,18-20H,2-5H2,1H3,(H,26,28). The number of carbonyl (C=O) groups excluding carboxylic acids is 3. The molecule has 1 N–H and O–H groups in total. The Hall–Kier alpha value is -2.54. The van der Waals surface area contributed by atoms with E-state index in [0.29, 0.717) is 18.4 Å². The lowest BCUT2D eigenvalue weighted by molar-refractivity contribution is -0.152. The molecule has 7 heteroatoms. The fourth-order valence-corrected chi connectivity index (χ4v) is 4.17. The lowest BCUT2D eigenvalue weighted by atomic mass is 9.74. The molecule has 158 valence electrons. The Morgan fingerprint density at radius 2 is 1.60 bits per heavy atom. The summed E-state index contributed by atoms with van der Waals surface area (Å²) >= 11 is 3.37. The summed E-state index contributed by atoms with van der Waals surface area (Å²) in [4.78, 5) is 38.6. The predicted molar refractivity (Wildman–Crippen MR) is 113 cm³/mol. The molecule has 0 spiro atoms. The van der Waals surface area contributed by atoms with Gasteiger partial charge >= 0.3 is 5.97 Å². The third-order valence-corrected chi connectivity index (χ3v) is 6.03. The molecule has 3 unspecified atom stereocenters. The number of nitrogens with one attached hydrogen (secondary N) is 1. The zero-order chi connectivity index (χ0) is 21.7. The van der Waals surface area contributed by atoms with Crippen LogP contribution in [0.25, 0.3) is 0 Å². The van der Waals surface area contributed by atoms with Gasteiger partial charge in [0.25, 0.3) is 5.91 Å². The zero-order valence-electron chi connectivity index (χ0n) is 16.6. The third kappa shape index (κ3) is 5.14. The second-order valence-electron chi connectivity index (χ2n) is 7.39. The Balaban J connectivity index is 1.91. The average molecular weight is 476 g/mol. The molecule has 2 aromatic rings. The van der Waals surface area contributed by atoms with Crippen LogP contribution in [-0.4, -0.2) is 24.8 Å². The minimum Gasteiger partial charge on any atom is -0.469 e. The van der Waals surface area contributed by atoms with Crippen LogP contribution in [-0.2, 0) is 14.3 Å². The van der Waals surface area contributed by atoms with E-state index < -0.39 is 35.6 Å². The second-order valence-corrected chi connectivity index (χ2v) is 8.30. The molecule has 0 heterocycles. The third-order valence-electron chi connectivity index (χ3n) is 5.51. The van der Waals surface area contributed by atoms with E-state index in [1.165, 1.54) is 31.4 Å². The monoisotopic (exact) mass is 475 g/mol. The minimum atomic E-state index is -0.925. The molecule has 0 bridgehead atoms. The molecule has 3 rings (SSSR count). The fraction of sp³-hybridized carbons (Fsp3) is 0.348. The highest BCUT2D eigenvalue weighted by atomic mass is 79.9. The second kappa shape index (κ2) is 9.98. The predicted octanol–water partition coefficient (Wildman–Crippen LogP) is 4.61. The van der Waals surface area contributed by atoms with Crippen LogP contribution in [0.2, 0.25) is 0 Å². The molecule has 30 heavy (non-hydrogen) atoms. The van der Waals surface area contributed by atoms with E-state index in [0.717, 1.165) is 17.3 Å². The first-order valence-electron chi connectivity index (χ1n) is 9.84. The molecule has 1 aliphatic carbocycles. The minimum absolute atomic E-state index is 0.220. The van der Waals surface area contributed by atoms with Gasteiger partial charge in [0, 0.05) is 16.0 Å². The van der Waals surface area contributed by atoms with Crippen molar-refractivity contribution in [1.82, 2.24) is 5.32 Å². The van der Waals surface area contributed by atoms with E-state index in [1.807, 2.05) is 0 Å². The summed E-state index contributed by atoms with van der Waals surface area (Å²) in [5.41, 5.74) is 0.868. The summed E-state index contributed by atoms with van der Waals surface area (Å²) in [6.07, 6.45) is 2.84. The van der Waals surface area contributed by atoms with Crippen LogP contribution >= 0.6 is 15.9 Å². The molecule has 3 atom stereocenters. The molecule has 0 radical (unpaired) electrons. The first-order valence-corrected chi connectivity index (χ1v) is 10.6. The highest BCUT2D eigenvalue weighted by Gasteiger charge is 2.40. The molecule has 5 nitrogen and oxygen atoms in total. The number of ether oxygens (including phenoxy) is 1. The van der Waals surface area contributed by atoms with Crippen molar-refractivity contribution in [1.29, 1.82) is 0 Å². The van der Waals surface area contributed by atoms with E-state index in [-0.39, 0.29) is 11.3 Å². The Morgan fingerprint density at radius 3 is 2.20 bits per heavy atom. The van der Waals surface area contributed by atoms with Crippen molar-refractivity contribution >= 4 is 33.6 Å². The van der Waals surface area contributed by atoms with Gasteiger partial charge in [-0.15, -0.1) is 0 Å². The number of ketones is 1. The van der Waals surface area contributed by atoms with Gasteiger partial charge < -0.3 is 10.1 Å². The van der Waals surface area contributed by atoms with E-state index in [2.05, 4.69) is 21.2 Å².